The van der Waals surface area contributed by atoms with Crippen LogP contribution in [-0.4, -0.2) is 11.5 Å². The Hall–Kier alpha value is -1.55. The summed E-state index contributed by atoms with van der Waals surface area (Å²) >= 11 is 1.38. The van der Waals surface area contributed by atoms with Crippen molar-refractivity contribution >= 4 is 17.2 Å². The fraction of sp³-hybridized carbons (Fsp3) is 0.182. The molecule has 0 bridgehead atoms. The van der Waals surface area contributed by atoms with E-state index in [4.69, 9.17) is 10.5 Å². The van der Waals surface area contributed by atoms with Crippen LogP contribution >= 0.6 is 11.5 Å². The maximum absolute atomic E-state index is 5.83. The Balaban J connectivity index is 2.58. The van der Waals surface area contributed by atoms with Crippen molar-refractivity contribution in [2.24, 2.45) is 0 Å². The van der Waals surface area contributed by atoms with Gasteiger partial charge in [-0.05, 0) is 36.2 Å². The van der Waals surface area contributed by atoms with Gasteiger partial charge in [0.15, 0.2) is 0 Å². The number of hydrogen-bond donors (Lipinski definition) is 1. The second-order valence-electron chi connectivity index (χ2n) is 3.31. The first kappa shape index (κ1) is 9.98. The van der Waals surface area contributed by atoms with E-state index < -0.39 is 0 Å². The Kier molecular flexibility index (Phi) is 2.60. The van der Waals surface area contributed by atoms with Crippen LogP contribution in [0.25, 0.3) is 10.4 Å². The van der Waals surface area contributed by atoms with Crippen LogP contribution in [0.3, 0.4) is 0 Å². The van der Waals surface area contributed by atoms with Crippen molar-refractivity contribution in [3.8, 4) is 16.2 Å². The minimum Gasteiger partial charge on any atom is -0.496 e. The van der Waals surface area contributed by atoms with Gasteiger partial charge in [0.2, 0.25) is 0 Å². The molecule has 0 radical (unpaired) electrons. The maximum Gasteiger partial charge on any atom is 0.127 e. The summed E-state index contributed by atoms with van der Waals surface area (Å²) in [5, 5.41) is 0. The first-order chi connectivity index (χ1) is 7.22. The molecule has 0 amide bonds. The Morgan fingerprint density at radius 2 is 2.20 bits per heavy atom. The van der Waals surface area contributed by atoms with E-state index >= 15 is 0 Å². The van der Waals surface area contributed by atoms with E-state index in [0.717, 1.165) is 16.2 Å². The summed E-state index contributed by atoms with van der Waals surface area (Å²) in [6.45, 7) is 2.03. The number of anilines is 1. The average Bonchev–Trinajstić information content (AvgIpc) is 2.64. The molecule has 0 aliphatic carbocycles. The van der Waals surface area contributed by atoms with Crippen LogP contribution in [0.2, 0.25) is 0 Å². The third-order valence-corrected chi connectivity index (χ3v) is 3.05. The summed E-state index contributed by atoms with van der Waals surface area (Å²) in [5.74, 6) is 0.839. The molecule has 0 atom stereocenters. The van der Waals surface area contributed by atoms with Gasteiger partial charge in [0.05, 0.1) is 23.9 Å². The summed E-state index contributed by atoms with van der Waals surface area (Å²) < 4.78 is 9.39. The SMILES string of the molecule is COc1cc(C)ccc1-c1sncc1N. The first-order valence-corrected chi connectivity index (χ1v) is 5.35. The molecule has 2 aromatic rings. The molecule has 0 aliphatic rings. The highest BCUT2D eigenvalue weighted by Gasteiger charge is 2.10. The molecule has 3 nitrogen and oxygen atoms in total. The predicted molar refractivity (Wildman–Crippen MR) is 63.3 cm³/mol. The van der Waals surface area contributed by atoms with Crippen molar-refractivity contribution in [1.82, 2.24) is 4.37 Å². The Labute approximate surface area is 92.7 Å². The second-order valence-corrected chi connectivity index (χ2v) is 4.12. The van der Waals surface area contributed by atoms with Crippen LogP contribution in [0.4, 0.5) is 5.69 Å². The highest BCUT2D eigenvalue weighted by molar-refractivity contribution is 7.10. The number of nitrogens with zero attached hydrogens (tertiary/aromatic N) is 1. The normalized spacial score (nSPS) is 10.3. The molecule has 15 heavy (non-hydrogen) atoms. The van der Waals surface area contributed by atoms with E-state index in [2.05, 4.69) is 4.37 Å². The predicted octanol–water partition coefficient (Wildman–Crippen LogP) is 2.71. The second kappa shape index (κ2) is 3.90. The number of aromatic nitrogens is 1. The first-order valence-electron chi connectivity index (χ1n) is 4.57. The third kappa shape index (κ3) is 1.80. The molecule has 4 heteroatoms. The lowest BCUT2D eigenvalue weighted by atomic mass is 10.1. The number of hydrogen-bond acceptors (Lipinski definition) is 4. The number of ether oxygens (including phenoxy) is 1. The molecule has 0 fully saturated rings. The minimum atomic E-state index is 0.696. The maximum atomic E-state index is 5.83. The van der Waals surface area contributed by atoms with E-state index in [1.165, 1.54) is 17.1 Å². The lowest BCUT2D eigenvalue weighted by molar-refractivity contribution is 0.416. The molecule has 0 aliphatic heterocycles. The van der Waals surface area contributed by atoms with Crippen LogP contribution in [0.15, 0.2) is 24.4 Å². The largest absolute Gasteiger partial charge is 0.496 e. The highest BCUT2D eigenvalue weighted by Crippen LogP contribution is 2.36. The molecule has 1 aromatic carbocycles. The summed E-state index contributed by atoms with van der Waals surface area (Å²) in [7, 11) is 1.66. The molecular formula is C11H12N2OS. The monoisotopic (exact) mass is 220 g/mol. The zero-order valence-electron chi connectivity index (χ0n) is 8.65. The van der Waals surface area contributed by atoms with Gasteiger partial charge in [0, 0.05) is 5.56 Å². The van der Waals surface area contributed by atoms with Gasteiger partial charge < -0.3 is 10.5 Å². The molecule has 2 N–H and O–H groups in total. The van der Waals surface area contributed by atoms with Crippen LogP contribution in [0, 0.1) is 6.92 Å². The number of benzene rings is 1. The van der Waals surface area contributed by atoms with Crippen LogP contribution < -0.4 is 10.5 Å². The molecule has 1 heterocycles. The highest BCUT2D eigenvalue weighted by atomic mass is 32.1. The topological polar surface area (TPSA) is 48.1 Å². The zero-order chi connectivity index (χ0) is 10.8. The van der Waals surface area contributed by atoms with Crippen molar-refractivity contribution < 1.29 is 4.74 Å². The average molecular weight is 220 g/mol. The van der Waals surface area contributed by atoms with Crippen molar-refractivity contribution in [2.75, 3.05) is 12.8 Å². The van der Waals surface area contributed by atoms with Gasteiger partial charge in [0.1, 0.15) is 5.75 Å². The molecule has 1 aromatic heterocycles. The number of nitrogens with two attached hydrogens (primary N) is 1. The Morgan fingerprint density at radius 3 is 2.80 bits per heavy atom. The fourth-order valence-electron chi connectivity index (χ4n) is 1.44. The van der Waals surface area contributed by atoms with Crippen molar-refractivity contribution in [2.45, 2.75) is 6.92 Å². The van der Waals surface area contributed by atoms with Crippen molar-refractivity contribution in [1.29, 1.82) is 0 Å². The smallest absolute Gasteiger partial charge is 0.127 e. The van der Waals surface area contributed by atoms with E-state index in [0.29, 0.717) is 5.69 Å². The summed E-state index contributed by atoms with van der Waals surface area (Å²) in [6, 6.07) is 6.05. The van der Waals surface area contributed by atoms with E-state index in [9.17, 15) is 0 Å². The molecule has 0 saturated carbocycles. The number of aryl methyl sites for hydroxylation is 1. The third-order valence-electron chi connectivity index (χ3n) is 2.20. The van der Waals surface area contributed by atoms with Gasteiger partial charge in [-0.15, -0.1) is 0 Å². The van der Waals surface area contributed by atoms with Gasteiger partial charge >= 0.3 is 0 Å². The number of nitrogen functional groups attached to an aromatic ring is 1. The minimum absolute atomic E-state index is 0.696. The van der Waals surface area contributed by atoms with Crippen LogP contribution in [-0.2, 0) is 0 Å². The van der Waals surface area contributed by atoms with Gasteiger partial charge in [-0.2, -0.15) is 4.37 Å². The summed E-state index contributed by atoms with van der Waals surface area (Å²) in [4.78, 5) is 0.965. The Bertz CT molecular complexity index is 479. The van der Waals surface area contributed by atoms with E-state index in [1.54, 1.807) is 13.3 Å². The quantitative estimate of drug-likeness (QED) is 0.846. The van der Waals surface area contributed by atoms with Crippen LogP contribution in [0.5, 0.6) is 5.75 Å². The van der Waals surface area contributed by atoms with Gasteiger partial charge in [-0.1, -0.05) is 6.07 Å². The zero-order valence-corrected chi connectivity index (χ0v) is 9.47. The van der Waals surface area contributed by atoms with E-state index in [1.807, 2.05) is 25.1 Å². The lowest BCUT2D eigenvalue weighted by Crippen LogP contribution is -1.90. The standard InChI is InChI=1S/C11H12N2OS/c1-7-3-4-8(10(5-7)14-2)11-9(12)6-13-15-11/h3-6H,12H2,1-2H3. The lowest BCUT2D eigenvalue weighted by Gasteiger charge is -2.07. The molecule has 2 rings (SSSR count). The van der Waals surface area contributed by atoms with Crippen LogP contribution in [0.1, 0.15) is 5.56 Å². The van der Waals surface area contributed by atoms with Crippen molar-refractivity contribution in [3.05, 3.63) is 30.0 Å². The van der Waals surface area contributed by atoms with Crippen molar-refractivity contribution in [3.63, 3.8) is 0 Å². The summed E-state index contributed by atoms with van der Waals surface area (Å²) in [5.41, 5.74) is 8.69. The Morgan fingerprint density at radius 1 is 1.40 bits per heavy atom. The molecule has 0 spiro atoms. The molecular weight excluding hydrogens is 208 g/mol. The van der Waals surface area contributed by atoms with E-state index in [-0.39, 0.29) is 0 Å². The van der Waals surface area contributed by atoms with Gasteiger partial charge in [-0.3, -0.25) is 0 Å². The number of rotatable bonds is 2. The fourth-order valence-corrected chi connectivity index (χ4v) is 2.13. The molecule has 78 valence electrons. The van der Waals surface area contributed by atoms with Gasteiger partial charge in [-0.25, -0.2) is 0 Å². The molecule has 0 unspecified atom stereocenters. The number of methoxy groups -OCH3 is 1. The van der Waals surface area contributed by atoms with Gasteiger partial charge in [0.25, 0.3) is 0 Å². The summed E-state index contributed by atoms with van der Waals surface area (Å²) in [6.07, 6.45) is 1.67. The molecule has 0 saturated heterocycles.